The Labute approximate surface area is 244 Å². The van der Waals surface area contributed by atoms with Gasteiger partial charge in [-0.15, -0.1) is 11.3 Å². The summed E-state index contributed by atoms with van der Waals surface area (Å²) in [4.78, 5) is 50.6. The number of carboxylic acid groups (broad SMARTS) is 1. The number of aliphatic carboxylic acids is 1. The maximum atomic E-state index is 13.4. The van der Waals surface area contributed by atoms with Gasteiger partial charge in [-0.3, -0.25) is 14.1 Å². The number of hydrogen-bond acceptors (Lipinski definition) is 14. The van der Waals surface area contributed by atoms with Crippen molar-refractivity contribution in [2.75, 3.05) is 25.9 Å². The van der Waals surface area contributed by atoms with E-state index < -0.39 is 51.5 Å². The van der Waals surface area contributed by atoms with Crippen LogP contribution in [0.1, 0.15) is 43.5 Å². The van der Waals surface area contributed by atoms with Crippen molar-refractivity contribution in [3.63, 3.8) is 0 Å². The summed E-state index contributed by atoms with van der Waals surface area (Å²) in [7, 11) is -3.12. The normalized spacial score (nSPS) is 20.5. The molecule has 7 N–H and O–H groups in total. The second-order valence-corrected chi connectivity index (χ2v) is 12.2. The van der Waals surface area contributed by atoms with Crippen molar-refractivity contribution in [2.24, 2.45) is 10.9 Å². The molecule has 20 heteroatoms. The van der Waals surface area contributed by atoms with E-state index in [1.165, 1.54) is 11.6 Å². The number of anilines is 1. The largest absolute Gasteiger partial charge is 0.478 e. The molecule has 42 heavy (non-hydrogen) atoms. The van der Waals surface area contributed by atoms with Crippen molar-refractivity contribution >= 4 is 50.3 Å². The van der Waals surface area contributed by atoms with Gasteiger partial charge >= 0.3 is 16.3 Å². The number of carbonyl (C=O) groups excluding carboxylic acids is 2. The van der Waals surface area contributed by atoms with Crippen LogP contribution in [0, 0.1) is 0 Å². The number of rotatable bonds is 14. The lowest BCUT2D eigenvalue weighted by molar-refractivity contribution is -0.165. The second kappa shape index (κ2) is 12.7. The molecule has 1 aliphatic carbocycles. The summed E-state index contributed by atoms with van der Waals surface area (Å²) in [6.07, 6.45) is 3.78. The van der Waals surface area contributed by atoms with E-state index >= 15 is 0 Å². The molecule has 3 heterocycles. The van der Waals surface area contributed by atoms with Crippen molar-refractivity contribution in [1.29, 1.82) is 0 Å². The van der Waals surface area contributed by atoms with Crippen LogP contribution in [0.25, 0.3) is 0 Å². The Morgan fingerprint density at radius 1 is 1.36 bits per heavy atom. The zero-order chi connectivity index (χ0) is 30.7. The summed E-state index contributed by atoms with van der Waals surface area (Å²) in [5.74, 6) is -3.36. The molecule has 0 unspecified atom stereocenters. The van der Waals surface area contributed by atoms with E-state index in [2.05, 4.69) is 25.7 Å². The van der Waals surface area contributed by atoms with Crippen molar-refractivity contribution in [1.82, 2.24) is 34.5 Å². The molecule has 2 aromatic rings. The van der Waals surface area contributed by atoms with Crippen LogP contribution < -0.4 is 16.8 Å². The van der Waals surface area contributed by atoms with Crippen LogP contribution >= 0.6 is 11.3 Å². The number of thiazole rings is 1. The number of aromatic nitrogens is 4. The molecular formula is C22H32N10O8S2. The number of nitrogens with two attached hydrogens (primary N) is 2. The Kier molecular flexibility index (Phi) is 9.40. The van der Waals surface area contributed by atoms with E-state index in [0.29, 0.717) is 31.6 Å². The topological polar surface area (TPSA) is 262 Å². The summed E-state index contributed by atoms with van der Waals surface area (Å²) in [5.41, 5.74) is 9.66. The third kappa shape index (κ3) is 6.84. The average molecular weight is 629 g/mol. The predicted molar refractivity (Wildman–Crippen MR) is 147 cm³/mol. The Hall–Kier alpha value is -3.72. The van der Waals surface area contributed by atoms with Gasteiger partial charge in [0, 0.05) is 24.8 Å². The first kappa shape index (κ1) is 31.2. The first-order valence-electron chi connectivity index (χ1n) is 12.9. The highest BCUT2D eigenvalue weighted by atomic mass is 32.2. The standard InChI is InChI=1S/C22H32N10O8S2/c1-30(8-4-7-23)10-13-9-25-31(28-13)11-15-17(19(34)32(15)42(37,38)39)27-18(33)16(14-12-41-21(24)26-14)29-40-22(20(35)36)5-2-3-6-22/h9,12,15,17H,2-8,10-11,23H2,1H3,(H2,24,26)(H,27,33)(H,35,36)(H,37,38,39)/b29-16-/t15-,17+/m1/s1. The summed E-state index contributed by atoms with van der Waals surface area (Å²) >= 11 is 0.986. The van der Waals surface area contributed by atoms with Crippen molar-refractivity contribution in [2.45, 2.75) is 62.9 Å². The first-order valence-corrected chi connectivity index (χ1v) is 15.2. The van der Waals surface area contributed by atoms with Gasteiger partial charge < -0.3 is 31.6 Å². The number of β-lactam (4-membered cyclic amide) rings is 1. The molecule has 2 amide bonds. The number of nitrogens with one attached hydrogen (secondary N) is 1. The van der Waals surface area contributed by atoms with E-state index in [1.54, 1.807) is 0 Å². The molecule has 1 aliphatic heterocycles. The highest BCUT2D eigenvalue weighted by molar-refractivity contribution is 7.84. The zero-order valence-electron chi connectivity index (χ0n) is 22.6. The third-order valence-electron chi connectivity index (χ3n) is 6.91. The van der Waals surface area contributed by atoms with Gasteiger partial charge in [0.05, 0.1) is 18.4 Å². The lowest BCUT2D eigenvalue weighted by Gasteiger charge is -2.43. The lowest BCUT2D eigenvalue weighted by Crippen LogP contribution is -2.73. The minimum Gasteiger partial charge on any atom is -0.478 e. The molecular weight excluding hydrogens is 596 g/mol. The van der Waals surface area contributed by atoms with Gasteiger partial charge in [0.15, 0.2) is 10.8 Å². The zero-order valence-corrected chi connectivity index (χ0v) is 24.3. The fraction of sp³-hybridized carbons (Fsp3) is 0.591. The maximum absolute atomic E-state index is 13.4. The number of carboxylic acids is 1. The second-order valence-electron chi connectivity index (χ2n) is 10.0. The molecule has 0 spiro atoms. The van der Waals surface area contributed by atoms with E-state index in [4.69, 9.17) is 16.3 Å². The van der Waals surface area contributed by atoms with Crippen LogP contribution in [0.5, 0.6) is 0 Å². The fourth-order valence-electron chi connectivity index (χ4n) is 4.75. The summed E-state index contributed by atoms with van der Waals surface area (Å²) in [6.45, 7) is 1.38. The SMILES string of the molecule is CN(CCCN)Cc1cnn(C[C@@H]2[C@H](NC(=O)/C(=N\OC3(C(=O)O)CCCC3)c3csc(N)n3)C(=O)N2S(=O)(=O)O)n1. The van der Waals surface area contributed by atoms with Crippen LogP contribution in [0.2, 0.25) is 0 Å². The molecule has 18 nitrogen and oxygen atoms in total. The Balaban J connectivity index is 1.54. The van der Waals surface area contributed by atoms with E-state index in [-0.39, 0.29) is 34.5 Å². The van der Waals surface area contributed by atoms with Crippen LogP contribution in [-0.4, -0.2) is 109 Å². The molecule has 2 fully saturated rings. The van der Waals surface area contributed by atoms with Crippen LogP contribution in [0.15, 0.2) is 16.7 Å². The maximum Gasteiger partial charge on any atom is 0.362 e. The molecule has 2 atom stereocenters. The van der Waals surface area contributed by atoms with Crippen LogP contribution in [-0.2, 0) is 42.6 Å². The molecule has 2 aliphatic rings. The van der Waals surface area contributed by atoms with Crippen molar-refractivity contribution in [3.8, 4) is 0 Å². The Morgan fingerprint density at radius 3 is 2.67 bits per heavy atom. The van der Waals surface area contributed by atoms with E-state index in [1.807, 2.05) is 11.9 Å². The molecule has 0 radical (unpaired) electrons. The van der Waals surface area contributed by atoms with Gasteiger partial charge in [0.1, 0.15) is 17.8 Å². The predicted octanol–water partition coefficient (Wildman–Crippen LogP) is -1.59. The van der Waals surface area contributed by atoms with Gasteiger partial charge in [-0.25, -0.2) is 14.1 Å². The fourth-order valence-corrected chi connectivity index (χ4v) is 6.17. The van der Waals surface area contributed by atoms with Gasteiger partial charge in [-0.05, 0) is 39.4 Å². The summed E-state index contributed by atoms with van der Waals surface area (Å²) < 4.78 is 33.8. The molecule has 0 bridgehead atoms. The minimum absolute atomic E-state index is 0.0411. The van der Waals surface area contributed by atoms with Crippen LogP contribution in [0.3, 0.4) is 0 Å². The Bertz CT molecular complexity index is 1450. The molecule has 1 saturated heterocycles. The quantitative estimate of drug-likeness (QED) is 0.0684. The highest BCUT2D eigenvalue weighted by Gasteiger charge is 2.55. The molecule has 1 saturated carbocycles. The Morgan fingerprint density at radius 2 is 2.07 bits per heavy atom. The number of carbonyl (C=O) groups is 3. The van der Waals surface area contributed by atoms with E-state index in [0.717, 1.165) is 29.1 Å². The monoisotopic (exact) mass is 628 g/mol. The summed E-state index contributed by atoms with van der Waals surface area (Å²) in [5, 5.41) is 25.8. The van der Waals surface area contributed by atoms with Gasteiger partial charge in [0.25, 0.3) is 11.8 Å². The van der Waals surface area contributed by atoms with Crippen LogP contribution in [0.4, 0.5) is 5.13 Å². The first-order chi connectivity index (χ1) is 19.8. The van der Waals surface area contributed by atoms with Gasteiger partial charge in [0.2, 0.25) is 5.60 Å². The third-order valence-corrected chi connectivity index (χ3v) is 8.53. The minimum atomic E-state index is -4.99. The number of hydrogen-bond donors (Lipinski definition) is 5. The van der Waals surface area contributed by atoms with Crippen molar-refractivity contribution < 1.29 is 37.3 Å². The molecule has 2 aromatic heterocycles. The van der Waals surface area contributed by atoms with E-state index in [9.17, 15) is 32.5 Å². The number of oxime groups is 1. The summed E-state index contributed by atoms with van der Waals surface area (Å²) in [6, 6.07) is -2.74. The molecule has 4 rings (SSSR count). The van der Waals surface area contributed by atoms with Gasteiger partial charge in [-0.2, -0.15) is 23.4 Å². The number of amides is 2. The molecule has 230 valence electrons. The highest BCUT2D eigenvalue weighted by Crippen LogP contribution is 2.34. The average Bonchev–Trinajstić information content (AvgIpc) is 3.67. The van der Waals surface area contributed by atoms with Gasteiger partial charge in [-0.1, -0.05) is 5.16 Å². The number of nitrogens with zero attached hydrogens (tertiary/aromatic N) is 7. The molecule has 0 aromatic carbocycles. The lowest BCUT2D eigenvalue weighted by atomic mass is 9.98. The smallest absolute Gasteiger partial charge is 0.362 e. The number of nitrogen functional groups attached to an aromatic ring is 1. The van der Waals surface area contributed by atoms with Crippen molar-refractivity contribution in [3.05, 3.63) is 23.0 Å².